The molecule has 0 aromatic heterocycles. The molecular weight excluding hydrogens is 261 g/mol. The minimum atomic E-state index is -0.597. The van der Waals surface area contributed by atoms with Crippen molar-refractivity contribution in [3.63, 3.8) is 0 Å². The SMILES string of the molecule is CN1CCN(NCC(O)COc2ccc(F)cc2)CC1. The van der Waals surface area contributed by atoms with Gasteiger partial charge in [-0.3, -0.25) is 5.43 Å². The van der Waals surface area contributed by atoms with Crippen molar-refractivity contribution < 1.29 is 14.2 Å². The summed E-state index contributed by atoms with van der Waals surface area (Å²) >= 11 is 0. The van der Waals surface area contributed by atoms with E-state index in [-0.39, 0.29) is 12.4 Å². The number of rotatable bonds is 6. The predicted molar refractivity (Wildman–Crippen MR) is 75.0 cm³/mol. The van der Waals surface area contributed by atoms with E-state index in [9.17, 15) is 9.50 Å². The summed E-state index contributed by atoms with van der Waals surface area (Å²) < 4.78 is 18.1. The number of nitrogens with one attached hydrogen (secondary N) is 1. The Morgan fingerprint density at radius 1 is 1.25 bits per heavy atom. The molecule has 1 aliphatic heterocycles. The lowest BCUT2D eigenvalue weighted by atomic mass is 10.3. The van der Waals surface area contributed by atoms with Crippen LogP contribution in [0.15, 0.2) is 24.3 Å². The van der Waals surface area contributed by atoms with Crippen molar-refractivity contribution in [2.45, 2.75) is 6.10 Å². The lowest BCUT2D eigenvalue weighted by Gasteiger charge is -2.33. The van der Waals surface area contributed by atoms with Gasteiger partial charge in [0.2, 0.25) is 0 Å². The van der Waals surface area contributed by atoms with Crippen LogP contribution in [0.2, 0.25) is 0 Å². The number of benzene rings is 1. The Morgan fingerprint density at radius 2 is 1.90 bits per heavy atom. The molecule has 1 aromatic rings. The lowest BCUT2D eigenvalue weighted by molar-refractivity contribution is 0.0548. The minimum Gasteiger partial charge on any atom is -0.491 e. The molecule has 6 heteroatoms. The van der Waals surface area contributed by atoms with Crippen LogP contribution in [0.3, 0.4) is 0 Å². The highest BCUT2D eigenvalue weighted by molar-refractivity contribution is 5.22. The van der Waals surface area contributed by atoms with Crippen LogP contribution >= 0.6 is 0 Å². The fourth-order valence-corrected chi connectivity index (χ4v) is 1.98. The Labute approximate surface area is 118 Å². The van der Waals surface area contributed by atoms with Crippen LogP contribution in [0.25, 0.3) is 0 Å². The molecule has 1 unspecified atom stereocenters. The molecule has 0 bridgehead atoms. The zero-order valence-corrected chi connectivity index (χ0v) is 11.8. The third kappa shape index (κ3) is 5.05. The highest BCUT2D eigenvalue weighted by Crippen LogP contribution is 2.11. The number of hydrogen-bond donors (Lipinski definition) is 2. The number of piperazine rings is 1. The Balaban J connectivity index is 1.62. The molecule has 112 valence electrons. The molecular formula is C14H22FN3O2. The van der Waals surface area contributed by atoms with Gasteiger partial charge in [-0.15, -0.1) is 0 Å². The van der Waals surface area contributed by atoms with Crippen LogP contribution in [0, 0.1) is 5.82 Å². The predicted octanol–water partition coefficient (Wildman–Crippen LogP) is 0.317. The first-order valence-corrected chi connectivity index (χ1v) is 6.87. The minimum absolute atomic E-state index is 0.187. The maximum Gasteiger partial charge on any atom is 0.123 e. The quantitative estimate of drug-likeness (QED) is 0.787. The van der Waals surface area contributed by atoms with Gasteiger partial charge in [-0.1, -0.05) is 0 Å². The maximum absolute atomic E-state index is 12.7. The Kier molecular flexibility index (Phi) is 5.72. The third-order valence-electron chi connectivity index (χ3n) is 3.31. The van der Waals surface area contributed by atoms with E-state index < -0.39 is 6.10 Å². The van der Waals surface area contributed by atoms with E-state index in [2.05, 4.69) is 22.4 Å². The molecule has 5 nitrogen and oxygen atoms in total. The summed E-state index contributed by atoms with van der Waals surface area (Å²) in [7, 11) is 2.10. The second-order valence-corrected chi connectivity index (χ2v) is 5.07. The summed E-state index contributed by atoms with van der Waals surface area (Å²) in [6.45, 7) is 4.58. The topological polar surface area (TPSA) is 48.0 Å². The van der Waals surface area contributed by atoms with Gasteiger partial charge in [0.1, 0.15) is 24.3 Å². The number of likely N-dealkylation sites (N-methyl/N-ethyl adjacent to an activating group) is 1. The van der Waals surface area contributed by atoms with E-state index in [1.807, 2.05) is 0 Å². The molecule has 2 N–H and O–H groups in total. The van der Waals surface area contributed by atoms with Gasteiger partial charge < -0.3 is 14.7 Å². The van der Waals surface area contributed by atoms with Crippen molar-refractivity contribution in [3.8, 4) is 5.75 Å². The largest absolute Gasteiger partial charge is 0.491 e. The lowest BCUT2D eigenvalue weighted by Crippen LogP contribution is -2.52. The molecule has 20 heavy (non-hydrogen) atoms. The first-order valence-electron chi connectivity index (χ1n) is 6.87. The molecule has 0 saturated carbocycles. The average molecular weight is 283 g/mol. The van der Waals surface area contributed by atoms with Gasteiger partial charge in [0.15, 0.2) is 0 Å². The number of hydrazine groups is 1. The highest BCUT2D eigenvalue weighted by atomic mass is 19.1. The van der Waals surface area contributed by atoms with Crippen molar-refractivity contribution in [2.75, 3.05) is 46.4 Å². The number of hydrogen-bond acceptors (Lipinski definition) is 5. The zero-order chi connectivity index (χ0) is 14.4. The monoisotopic (exact) mass is 283 g/mol. The fourth-order valence-electron chi connectivity index (χ4n) is 1.98. The molecule has 0 radical (unpaired) electrons. The molecule has 0 aliphatic carbocycles. The van der Waals surface area contributed by atoms with Crippen molar-refractivity contribution in [1.29, 1.82) is 0 Å². The van der Waals surface area contributed by atoms with Crippen LogP contribution in [0.4, 0.5) is 4.39 Å². The Morgan fingerprint density at radius 3 is 2.55 bits per heavy atom. The van der Waals surface area contributed by atoms with Crippen LogP contribution in [-0.2, 0) is 0 Å². The normalized spacial score (nSPS) is 18.9. The molecule has 1 saturated heterocycles. The molecule has 1 heterocycles. The summed E-state index contributed by atoms with van der Waals surface area (Å²) in [6, 6.07) is 5.78. The van der Waals surface area contributed by atoms with Crippen LogP contribution in [0.5, 0.6) is 5.75 Å². The summed E-state index contributed by atoms with van der Waals surface area (Å²) in [5.74, 6) is 0.264. The molecule has 1 atom stereocenters. The van der Waals surface area contributed by atoms with Gasteiger partial charge in [0.25, 0.3) is 0 Å². The maximum atomic E-state index is 12.7. The highest BCUT2D eigenvalue weighted by Gasteiger charge is 2.14. The summed E-state index contributed by atoms with van der Waals surface area (Å²) in [6.07, 6.45) is -0.597. The van der Waals surface area contributed by atoms with E-state index in [0.717, 1.165) is 26.2 Å². The first-order chi connectivity index (χ1) is 9.63. The first kappa shape index (κ1) is 15.2. The zero-order valence-electron chi connectivity index (χ0n) is 11.8. The average Bonchev–Trinajstić information content (AvgIpc) is 2.46. The van der Waals surface area contributed by atoms with Crippen LogP contribution < -0.4 is 10.2 Å². The second-order valence-electron chi connectivity index (χ2n) is 5.07. The van der Waals surface area contributed by atoms with Crippen molar-refractivity contribution in [2.24, 2.45) is 0 Å². The number of halogens is 1. The van der Waals surface area contributed by atoms with Crippen molar-refractivity contribution in [1.82, 2.24) is 15.3 Å². The summed E-state index contributed by atoms with van der Waals surface area (Å²) in [4.78, 5) is 2.27. The smallest absolute Gasteiger partial charge is 0.123 e. The van der Waals surface area contributed by atoms with Gasteiger partial charge in [-0.05, 0) is 31.3 Å². The van der Waals surface area contributed by atoms with Gasteiger partial charge in [0.05, 0.1) is 0 Å². The van der Waals surface area contributed by atoms with E-state index in [4.69, 9.17) is 4.74 Å². The summed E-state index contributed by atoms with van der Waals surface area (Å²) in [5, 5.41) is 12.0. The standard InChI is InChI=1S/C14H22FN3O2/c1-17-6-8-18(9-7-17)16-10-13(19)11-20-14-4-2-12(15)3-5-14/h2-5,13,16,19H,6-11H2,1H3. The van der Waals surface area contributed by atoms with E-state index in [0.29, 0.717) is 12.3 Å². The van der Waals surface area contributed by atoms with Crippen molar-refractivity contribution in [3.05, 3.63) is 30.1 Å². The number of nitrogens with zero attached hydrogens (tertiary/aromatic N) is 2. The number of ether oxygens (including phenoxy) is 1. The number of aliphatic hydroxyl groups is 1. The van der Waals surface area contributed by atoms with Gasteiger partial charge in [-0.25, -0.2) is 9.40 Å². The van der Waals surface area contributed by atoms with Gasteiger partial charge >= 0.3 is 0 Å². The Bertz CT molecular complexity index is 394. The second kappa shape index (κ2) is 7.54. The molecule has 0 spiro atoms. The van der Waals surface area contributed by atoms with E-state index in [1.165, 1.54) is 12.1 Å². The van der Waals surface area contributed by atoms with E-state index >= 15 is 0 Å². The Hall–Kier alpha value is -1.21. The molecule has 1 fully saturated rings. The van der Waals surface area contributed by atoms with E-state index in [1.54, 1.807) is 12.1 Å². The van der Waals surface area contributed by atoms with Crippen molar-refractivity contribution >= 4 is 0 Å². The number of aliphatic hydroxyl groups excluding tert-OH is 1. The van der Waals surface area contributed by atoms with Gasteiger partial charge in [-0.2, -0.15) is 0 Å². The van der Waals surface area contributed by atoms with Gasteiger partial charge in [0, 0.05) is 32.7 Å². The molecule has 1 aromatic carbocycles. The van der Waals surface area contributed by atoms with Crippen LogP contribution in [-0.4, -0.2) is 67.5 Å². The third-order valence-corrected chi connectivity index (χ3v) is 3.31. The van der Waals surface area contributed by atoms with Crippen LogP contribution in [0.1, 0.15) is 0 Å². The molecule has 0 amide bonds. The summed E-state index contributed by atoms with van der Waals surface area (Å²) in [5.41, 5.74) is 3.20. The fraction of sp³-hybridized carbons (Fsp3) is 0.571. The molecule has 2 rings (SSSR count). The molecule has 1 aliphatic rings.